The SMILES string of the molecule is c1ccc2c(c1)cc(-c1ccc3c(c1)B(c1ccc(-n4c5ccccc5c5ccccc54)c4ncccc14)c1cccc4nccc-3c14)c1ccccc12. The van der Waals surface area contributed by atoms with Crippen molar-refractivity contribution in [2.75, 3.05) is 0 Å². The monoisotopic (exact) mass is 683 g/mol. The molecule has 0 radical (unpaired) electrons. The van der Waals surface area contributed by atoms with Gasteiger partial charge in [-0.25, -0.2) is 0 Å². The van der Waals surface area contributed by atoms with Crippen LogP contribution in [0.1, 0.15) is 0 Å². The van der Waals surface area contributed by atoms with E-state index in [1.807, 2.05) is 12.4 Å². The van der Waals surface area contributed by atoms with E-state index in [1.54, 1.807) is 0 Å². The lowest BCUT2D eigenvalue weighted by Gasteiger charge is -2.28. The van der Waals surface area contributed by atoms with E-state index in [0.717, 1.165) is 22.1 Å². The Balaban J connectivity index is 1.15. The van der Waals surface area contributed by atoms with Crippen LogP contribution in [0.3, 0.4) is 0 Å². The van der Waals surface area contributed by atoms with Gasteiger partial charge in [0, 0.05) is 28.6 Å². The number of benzene rings is 8. The highest BCUT2D eigenvalue weighted by Gasteiger charge is 2.34. The molecule has 0 fully saturated rings. The Morgan fingerprint density at radius 1 is 0.407 bits per heavy atom. The number of aromatic nitrogens is 3. The minimum absolute atomic E-state index is 0.0361. The van der Waals surface area contributed by atoms with Gasteiger partial charge in [0.25, 0.3) is 0 Å². The molecule has 4 heteroatoms. The zero-order chi connectivity index (χ0) is 35.3. The van der Waals surface area contributed by atoms with Gasteiger partial charge in [0.05, 0.1) is 27.8 Å². The van der Waals surface area contributed by atoms with Crippen LogP contribution in [-0.2, 0) is 0 Å². The molecule has 1 aliphatic heterocycles. The second-order valence-corrected chi connectivity index (χ2v) is 14.5. The molecular formula is C50H30BN3. The fourth-order valence-corrected chi connectivity index (χ4v) is 9.50. The van der Waals surface area contributed by atoms with Crippen molar-refractivity contribution < 1.29 is 0 Å². The highest BCUT2D eigenvalue weighted by molar-refractivity contribution is 6.99. The number of rotatable bonds is 3. The van der Waals surface area contributed by atoms with E-state index < -0.39 is 0 Å². The van der Waals surface area contributed by atoms with Crippen molar-refractivity contribution in [1.29, 1.82) is 0 Å². The highest BCUT2D eigenvalue weighted by atomic mass is 15.0. The fraction of sp³-hybridized carbons (Fsp3) is 0. The molecule has 0 atom stereocenters. The van der Waals surface area contributed by atoms with Crippen LogP contribution in [0.25, 0.3) is 93.1 Å². The van der Waals surface area contributed by atoms with Crippen LogP contribution in [0.2, 0.25) is 0 Å². The van der Waals surface area contributed by atoms with Gasteiger partial charge in [0.15, 0.2) is 0 Å². The zero-order valence-electron chi connectivity index (χ0n) is 29.2. The van der Waals surface area contributed by atoms with Crippen LogP contribution in [0.5, 0.6) is 0 Å². The van der Waals surface area contributed by atoms with E-state index in [9.17, 15) is 0 Å². The molecule has 11 aromatic rings. The van der Waals surface area contributed by atoms with Crippen molar-refractivity contribution in [2.24, 2.45) is 0 Å². The minimum Gasteiger partial charge on any atom is -0.307 e. The fourth-order valence-electron chi connectivity index (χ4n) is 9.50. The lowest BCUT2D eigenvalue weighted by Crippen LogP contribution is -2.55. The molecule has 0 N–H and O–H groups in total. The molecule has 0 aliphatic carbocycles. The number of hydrogen-bond acceptors (Lipinski definition) is 2. The number of fused-ring (bicyclic) bond motifs is 9. The maximum absolute atomic E-state index is 5.15. The van der Waals surface area contributed by atoms with E-state index in [4.69, 9.17) is 9.97 Å². The molecule has 12 rings (SSSR count). The van der Waals surface area contributed by atoms with Gasteiger partial charge in [0.2, 0.25) is 6.71 Å². The number of pyridine rings is 2. The predicted octanol–water partition coefficient (Wildman–Crippen LogP) is 10.4. The molecule has 0 amide bonds. The molecule has 0 bridgehead atoms. The molecule has 0 saturated carbocycles. The topological polar surface area (TPSA) is 30.7 Å². The molecule has 3 nitrogen and oxygen atoms in total. The summed E-state index contributed by atoms with van der Waals surface area (Å²) in [7, 11) is 0. The van der Waals surface area contributed by atoms with Crippen LogP contribution in [0.4, 0.5) is 0 Å². The molecule has 0 spiro atoms. The summed E-state index contributed by atoms with van der Waals surface area (Å²) in [6.07, 6.45) is 3.89. The van der Waals surface area contributed by atoms with Crippen LogP contribution >= 0.6 is 0 Å². The Bertz CT molecular complexity index is 3300. The number of nitrogens with zero attached hydrogens (tertiary/aromatic N) is 3. The van der Waals surface area contributed by atoms with Crippen LogP contribution in [0.15, 0.2) is 182 Å². The summed E-state index contributed by atoms with van der Waals surface area (Å²) >= 11 is 0. The summed E-state index contributed by atoms with van der Waals surface area (Å²) < 4.78 is 2.39. The lowest BCUT2D eigenvalue weighted by molar-refractivity contribution is 1.18. The molecule has 4 heterocycles. The highest BCUT2D eigenvalue weighted by Crippen LogP contribution is 2.38. The molecule has 248 valence electrons. The van der Waals surface area contributed by atoms with Crippen LogP contribution in [0, 0.1) is 0 Å². The summed E-state index contributed by atoms with van der Waals surface area (Å²) in [5, 5.41) is 9.93. The minimum atomic E-state index is -0.0361. The Hall–Kier alpha value is -7.04. The number of para-hydroxylation sites is 2. The van der Waals surface area contributed by atoms with Crippen molar-refractivity contribution in [2.45, 2.75) is 0 Å². The van der Waals surface area contributed by atoms with Crippen molar-refractivity contribution in [1.82, 2.24) is 14.5 Å². The average Bonchev–Trinajstić information content (AvgIpc) is 3.57. The van der Waals surface area contributed by atoms with E-state index in [1.165, 1.54) is 87.4 Å². The van der Waals surface area contributed by atoms with Crippen molar-refractivity contribution in [3.63, 3.8) is 0 Å². The first-order chi connectivity index (χ1) is 26.8. The normalized spacial score (nSPS) is 12.4. The predicted molar refractivity (Wildman–Crippen MR) is 228 cm³/mol. The first-order valence-electron chi connectivity index (χ1n) is 18.6. The van der Waals surface area contributed by atoms with Crippen LogP contribution < -0.4 is 16.4 Å². The summed E-state index contributed by atoms with van der Waals surface area (Å²) in [5.74, 6) is 0. The van der Waals surface area contributed by atoms with Crippen molar-refractivity contribution in [3.8, 4) is 27.9 Å². The molecule has 1 aliphatic rings. The second kappa shape index (κ2) is 11.2. The molecular weight excluding hydrogens is 653 g/mol. The molecule has 0 unspecified atom stereocenters. The molecule has 8 aromatic carbocycles. The molecule has 3 aromatic heterocycles. The maximum atomic E-state index is 5.15. The number of hydrogen-bond donors (Lipinski definition) is 0. The van der Waals surface area contributed by atoms with Gasteiger partial charge in [-0.05, 0) is 91.6 Å². The Morgan fingerprint density at radius 3 is 1.96 bits per heavy atom. The van der Waals surface area contributed by atoms with Gasteiger partial charge < -0.3 is 4.57 Å². The zero-order valence-corrected chi connectivity index (χ0v) is 29.2. The summed E-state index contributed by atoms with van der Waals surface area (Å²) in [6, 6.07) is 62.3. The molecule has 54 heavy (non-hydrogen) atoms. The smallest absolute Gasteiger partial charge is 0.243 e. The van der Waals surface area contributed by atoms with Gasteiger partial charge in [-0.2, -0.15) is 0 Å². The van der Waals surface area contributed by atoms with Gasteiger partial charge >= 0.3 is 0 Å². The third-order valence-corrected chi connectivity index (χ3v) is 11.8. The average molecular weight is 684 g/mol. The Labute approximate surface area is 311 Å². The molecule has 0 saturated heterocycles. The Morgan fingerprint density at radius 2 is 1.13 bits per heavy atom. The van der Waals surface area contributed by atoms with Gasteiger partial charge in [-0.15, -0.1) is 0 Å². The van der Waals surface area contributed by atoms with E-state index in [-0.39, 0.29) is 6.71 Å². The summed E-state index contributed by atoms with van der Waals surface area (Å²) in [5.41, 5.74) is 14.2. The van der Waals surface area contributed by atoms with Gasteiger partial charge in [-0.1, -0.05) is 144 Å². The standard InChI is InChI=1S/C50H30BN3/c1-2-12-33-31(11-1)29-41(35-14-4-3-13-34(33)35)32-22-23-36-39-26-28-52-45-19-9-18-43(49(39)45)51(44(36)30-32)42-24-25-48(50-40(42)17-10-27-53-50)54-46-20-7-5-15-37(46)38-16-6-8-21-47(38)54/h1-30H. The van der Waals surface area contributed by atoms with Gasteiger partial charge in [-0.3, -0.25) is 9.97 Å². The van der Waals surface area contributed by atoms with Crippen molar-refractivity contribution >= 4 is 88.3 Å². The van der Waals surface area contributed by atoms with Gasteiger partial charge in [0.1, 0.15) is 0 Å². The third kappa shape index (κ3) is 4.08. The first-order valence-corrected chi connectivity index (χ1v) is 18.6. The maximum Gasteiger partial charge on any atom is 0.243 e. The van der Waals surface area contributed by atoms with E-state index in [0.29, 0.717) is 0 Å². The second-order valence-electron chi connectivity index (χ2n) is 14.5. The van der Waals surface area contributed by atoms with Crippen LogP contribution in [-0.4, -0.2) is 21.2 Å². The largest absolute Gasteiger partial charge is 0.307 e. The van der Waals surface area contributed by atoms with Crippen molar-refractivity contribution in [3.05, 3.63) is 182 Å². The van der Waals surface area contributed by atoms with E-state index in [2.05, 4.69) is 174 Å². The first kappa shape index (κ1) is 29.5. The lowest BCUT2D eigenvalue weighted by atomic mass is 9.33. The summed E-state index contributed by atoms with van der Waals surface area (Å²) in [6.45, 7) is -0.0361. The summed E-state index contributed by atoms with van der Waals surface area (Å²) in [4.78, 5) is 10.0. The Kier molecular flexibility index (Phi) is 6.14. The third-order valence-electron chi connectivity index (χ3n) is 11.8. The quantitative estimate of drug-likeness (QED) is 0.137. The van der Waals surface area contributed by atoms with E-state index >= 15 is 0 Å².